The molecule has 3 heterocycles. The van der Waals surface area contributed by atoms with Gasteiger partial charge in [-0.2, -0.15) is 0 Å². The molecule has 2 aromatic carbocycles. The lowest BCUT2D eigenvalue weighted by Gasteiger charge is -2.23. The van der Waals surface area contributed by atoms with Gasteiger partial charge in [-0.1, -0.05) is 42.5 Å². The second-order valence-electron chi connectivity index (χ2n) is 10.4. The van der Waals surface area contributed by atoms with Crippen molar-refractivity contribution in [1.29, 1.82) is 0 Å². The van der Waals surface area contributed by atoms with E-state index in [2.05, 4.69) is 103 Å². The first-order chi connectivity index (χ1) is 20.2. The van der Waals surface area contributed by atoms with Crippen molar-refractivity contribution < 1.29 is 0 Å². The van der Waals surface area contributed by atoms with E-state index in [4.69, 9.17) is 4.98 Å². The number of aromatic amines is 1. The molecule has 0 saturated heterocycles. The highest BCUT2D eigenvalue weighted by atomic mass is 15.1. The summed E-state index contributed by atoms with van der Waals surface area (Å²) in [5, 5.41) is 10.6. The molecule has 5 rings (SSSR count). The molecule has 0 bridgehead atoms. The van der Waals surface area contributed by atoms with Crippen LogP contribution in [0.5, 0.6) is 0 Å². The number of pyridine rings is 2. The zero-order chi connectivity index (χ0) is 28.1. The Balaban J connectivity index is 1.09. The van der Waals surface area contributed by atoms with Crippen LogP contribution in [0.25, 0.3) is 11.0 Å². The number of aryl methyl sites for hydroxylation is 1. The summed E-state index contributed by atoms with van der Waals surface area (Å²) in [7, 11) is 0. The number of imidazole rings is 1. The van der Waals surface area contributed by atoms with Gasteiger partial charge in [0.2, 0.25) is 0 Å². The van der Waals surface area contributed by atoms with Crippen molar-refractivity contribution in [2.24, 2.45) is 0 Å². The van der Waals surface area contributed by atoms with Gasteiger partial charge in [0.1, 0.15) is 5.82 Å². The van der Waals surface area contributed by atoms with E-state index in [1.807, 2.05) is 30.7 Å². The van der Waals surface area contributed by atoms with Gasteiger partial charge in [-0.3, -0.25) is 14.9 Å². The predicted molar refractivity (Wildman–Crippen MR) is 165 cm³/mol. The minimum atomic E-state index is 0.710. The maximum Gasteiger partial charge on any atom is 0.121 e. The summed E-state index contributed by atoms with van der Waals surface area (Å²) in [6.07, 6.45) is 5.53. The highest BCUT2D eigenvalue weighted by Gasteiger charge is 2.08. The minimum Gasteiger partial charge on any atom is -0.341 e. The van der Waals surface area contributed by atoms with E-state index in [1.165, 1.54) is 22.3 Å². The van der Waals surface area contributed by atoms with E-state index in [0.29, 0.717) is 6.54 Å². The Hall–Kier alpha value is -3.95. The number of para-hydroxylation sites is 1. The van der Waals surface area contributed by atoms with E-state index >= 15 is 0 Å². The molecule has 5 aromatic rings. The number of aromatic nitrogens is 4. The van der Waals surface area contributed by atoms with Crippen LogP contribution < -0.4 is 16.0 Å². The molecule has 0 saturated carbocycles. The van der Waals surface area contributed by atoms with Crippen LogP contribution in [0.4, 0.5) is 0 Å². The Bertz CT molecular complexity index is 1400. The Kier molecular flexibility index (Phi) is 10.6. The van der Waals surface area contributed by atoms with Crippen molar-refractivity contribution >= 4 is 11.0 Å². The number of fused-ring (bicyclic) bond motifs is 1. The summed E-state index contributed by atoms with van der Waals surface area (Å²) >= 11 is 0. The van der Waals surface area contributed by atoms with Gasteiger partial charge in [0, 0.05) is 70.9 Å². The number of hydrogen-bond donors (Lipinski definition) is 4. The third-order valence-corrected chi connectivity index (χ3v) is 7.15. The van der Waals surface area contributed by atoms with Crippen molar-refractivity contribution in [3.63, 3.8) is 0 Å². The summed E-state index contributed by atoms with van der Waals surface area (Å²) in [5.41, 5.74) is 8.28. The van der Waals surface area contributed by atoms with E-state index in [-0.39, 0.29) is 0 Å². The third kappa shape index (κ3) is 9.03. The fraction of sp³-hybridized carbons (Fsp3) is 0.303. The largest absolute Gasteiger partial charge is 0.341 e. The Morgan fingerprint density at radius 2 is 1.41 bits per heavy atom. The molecule has 0 aliphatic carbocycles. The van der Waals surface area contributed by atoms with E-state index in [0.717, 1.165) is 74.9 Å². The second-order valence-corrected chi connectivity index (χ2v) is 10.4. The van der Waals surface area contributed by atoms with Crippen molar-refractivity contribution in [2.45, 2.75) is 39.6 Å². The molecule has 0 unspecified atom stereocenters. The molecule has 8 nitrogen and oxygen atoms in total. The van der Waals surface area contributed by atoms with E-state index in [1.54, 1.807) is 0 Å². The van der Waals surface area contributed by atoms with Gasteiger partial charge in [0.25, 0.3) is 0 Å². The topological polar surface area (TPSA) is 93.8 Å². The third-order valence-electron chi connectivity index (χ3n) is 7.15. The molecule has 0 radical (unpaired) electrons. The fourth-order valence-electron chi connectivity index (χ4n) is 4.85. The van der Waals surface area contributed by atoms with Crippen LogP contribution in [0.15, 0.2) is 91.4 Å². The van der Waals surface area contributed by atoms with Gasteiger partial charge in [-0.15, -0.1) is 0 Å². The lowest BCUT2D eigenvalue weighted by molar-refractivity contribution is 0.264. The highest BCUT2D eigenvalue weighted by Crippen LogP contribution is 2.15. The summed E-state index contributed by atoms with van der Waals surface area (Å²) in [4.78, 5) is 19.2. The van der Waals surface area contributed by atoms with Crippen LogP contribution in [-0.4, -0.2) is 51.0 Å². The van der Waals surface area contributed by atoms with Crippen LogP contribution in [0, 0.1) is 6.92 Å². The quantitative estimate of drug-likeness (QED) is 0.136. The number of benzene rings is 2. The fourth-order valence-corrected chi connectivity index (χ4v) is 4.85. The van der Waals surface area contributed by atoms with Crippen LogP contribution in [0.1, 0.15) is 33.8 Å². The number of nitrogens with one attached hydrogen (secondary N) is 4. The summed E-state index contributed by atoms with van der Waals surface area (Å²) < 4.78 is 0. The first-order valence-electron chi connectivity index (χ1n) is 14.4. The van der Waals surface area contributed by atoms with Gasteiger partial charge < -0.3 is 20.9 Å². The predicted octanol–water partition coefficient (Wildman–Crippen LogP) is 4.33. The normalized spacial score (nSPS) is 11.5. The van der Waals surface area contributed by atoms with Crippen molar-refractivity contribution in [3.8, 4) is 0 Å². The molecule has 0 atom stereocenters. The van der Waals surface area contributed by atoms with Gasteiger partial charge in [0.15, 0.2) is 0 Å². The van der Waals surface area contributed by atoms with Crippen LogP contribution in [0.3, 0.4) is 0 Å². The SMILES string of the molecule is Cc1cccc2nc(CNCc3ccc(CN(CCNCc4ccncc4)CCNCc4ccccn4)cc3)[nH]c12. The average Bonchev–Trinajstić information content (AvgIpc) is 3.43. The number of H-pyrrole nitrogens is 1. The van der Waals surface area contributed by atoms with Gasteiger partial charge in [0.05, 0.1) is 23.3 Å². The van der Waals surface area contributed by atoms with Crippen molar-refractivity contribution in [2.75, 3.05) is 26.2 Å². The van der Waals surface area contributed by atoms with E-state index in [9.17, 15) is 0 Å². The minimum absolute atomic E-state index is 0.710. The van der Waals surface area contributed by atoms with Gasteiger partial charge in [-0.25, -0.2) is 4.98 Å². The first kappa shape index (κ1) is 28.6. The molecule has 8 heteroatoms. The first-order valence-corrected chi connectivity index (χ1v) is 14.4. The zero-order valence-electron chi connectivity index (χ0n) is 23.8. The van der Waals surface area contributed by atoms with E-state index < -0.39 is 0 Å². The molecule has 41 heavy (non-hydrogen) atoms. The second kappa shape index (κ2) is 15.2. The van der Waals surface area contributed by atoms with Gasteiger partial charge in [-0.05, 0) is 59.5 Å². The maximum absolute atomic E-state index is 4.71. The lowest BCUT2D eigenvalue weighted by atomic mass is 10.1. The molecule has 0 amide bonds. The Labute approximate surface area is 242 Å². The van der Waals surface area contributed by atoms with Crippen LogP contribution in [0.2, 0.25) is 0 Å². The monoisotopic (exact) mass is 548 g/mol. The van der Waals surface area contributed by atoms with Gasteiger partial charge >= 0.3 is 0 Å². The molecular weight excluding hydrogens is 508 g/mol. The lowest BCUT2D eigenvalue weighted by Crippen LogP contribution is -2.36. The van der Waals surface area contributed by atoms with Crippen molar-refractivity contribution in [3.05, 3.63) is 125 Å². The standard InChI is InChI=1S/C33H40N8/c1-26-5-4-7-31-33(26)40-32(39-31)24-37-22-27-8-10-29(11-9-27)25-41(19-17-35-21-28-12-15-34-16-13-28)20-18-36-23-30-6-2-3-14-38-30/h2-16,35-37H,17-25H2,1H3,(H,39,40). The smallest absolute Gasteiger partial charge is 0.121 e. The average molecular weight is 549 g/mol. The Morgan fingerprint density at radius 1 is 0.683 bits per heavy atom. The maximum atomic E-state index is 4.71. The highest BCUT2D eigenvalue weighted by molar-refractivity contribution is 5.78. The van der Waals surface area contributed by atoms with Crippen molar-refractivity contribution in [1.82, 2.24) is 40.8 Å². The summed E-state index contributed by atoms with van der Waals surface area (Å²) in [6, 6.07) is 25.3. The molecule has 4 N–H and O–H groups in total. The molecule has 0 aliphatic rings. The summed E-state index contributed by atoms with van der Waals surface area (Å²) in [6.45, 7) is 9.93. The molecule has 0 fully saturated rings. The summed E-state index contributed by atoms with van der Waals surface area (Å²) in [5.74, 6) is 0.968. The number of hydrogen-bond acceptors (Lipinski definition) is 7. The molecule has 0 aliphatic heterocycles. The van der Waals surface area contributed by atoms with Crippen LogP contribution in [-0.2, 0) is 32.7 Å². The molecule has 212 valence electrons. The van der Waals surface area contributed by atoms with Crippen LogP contribution >= 0.6 is 0 Å². The molecular formula is C33H40N8. The molecule has 0 spiro atoms. The zero-order valence-corrected chi connectivity index (χ0v) is 23.8. The molecule has 3 aromatic heterocycles. The Morgan fingerprint density at radius 3 is 2.17 bits per heavy atom. The number of rotatable bonds is 16. The number of nitrogens with zero attached hydrogens (tertiary/aromatic N) is 4.